The Labute approximate surface area is 218 Å². The SMILES string of the molecule is COc1ccccc1C1/C(=C(/O)c2ccc(OCC(C)C)cc2)C(=O)C(=O)N1CCCN1CCOCC1. The monoisotopic (exact) mass is 508 g/mol. The molecule has 4 rings (SSSR count). The number of benzene rings is 2. The van der Waals surface area contributed by atoms with Crippen molar-refractivity contribution in [2.75, 3.05) is 53.1 Å². The molecule has 0 saturated carbocycles. The number of amides is 1. The van der Waals surface area contributed by atoms with Crippen molar-refractivity contribution in [2.45, 2.75) is 26.3 Å². The quantitative estimate of drug-likeness (QED) is 0.296. The van der Waals surface area contributed by atoms with Crippen molar-refractivity contribution in [2.24, 2.45) is 5.92 Å². The van der Waals surface area contributed by atoms with E-state index in [1.807, 2.05) is 18.2 Å². The number of rotatable bonds is 10. The number of nitrogens with zero attached hydrogens (tertiary/aromatic N) is 2. The number of para-hydroxylation sites is 1. The van der Waals surface area contributed by atoms with E-state index in [0.29, 0.717) is 61.3 Å². The van der Waals surface area contributed by atoms with Crippen LogP contribution in [0, 0.1) is 5.92 Å². The molecule has 2 saturated heterocycles. The van der Waals surface area contributed by atoms with Crippen LogP contribution in [-0.2, 0) is 14.3 Å². The second kappa shape index (κ2) is 12.3. The minimum atomic E-state index is -0.752. The fourth-order valence-electron chi connectivity index (χ4n) is 4.74. The molecule has 0 aromatic heterocycles. The van der Waals surface area contributed by atoms with Gasteiger partial charge in [0, 0.05) is 37.3 Å². The van der Waals surface area contributed by atoms with Gasteiger partial charge >= 0.3 is 0 Å². The standard InChI is InChI=1S/C29H36N2O6/c1-20(2)19-37-22-11-9-21(10-12-22)27(32)25-26(23-7-4-5-8-24(23)35-3)31(29(34)28(25)33)14-6-13-30-15-17-36-18-16-30/h4-5,7-12,20,26,32H,6,13-19H2,1-3H3/b27-25-. The summed E-state index contributed by atoms with van der Waals surface area (Å²) in [7, 11) is 1.55. The first-order valence-electron chi connectivity index (χ1n) is 12.9. The van der Waals surface area contributed by atoms with Crippen molar-refractivity contribution in [1.29, 1.82) is 0 Å². The molecule has 1 unspecified atom stereocenters. The third-order valence-corrected chi connectivity index (χ3v) is 6.66. The molecule has 2 heterocycles. The molecule has 0 aliphatic carbocycles. The largest absolute Gasteiger partial charge is 0.507 e. The molecule has 2 aromatic carbocycles. The zero-order valence-electron chi connectivity index (χ0n) is 21.8. The van der Waals surface area contributed by atoms with E-state index in [9.17, 15) is 14.7 Å². The predicted octanol–water partition coefficient (Wildman–Crippen LogP) is 3.87. The minimum absolute atomic E-state index is 0.0664. The van der Waals surface area contributed by atoms with Crippen molar-refractivity contribution < 1.29 is 28.9 Å². The number of hydrogen-bond acceptors (Lipinski definition) is 7. The van der Waals surface area contributed by atoms with E-state index in [1.54, 1.807) is 42.3 Å². The van der Waals surface area contributed by atoms with Crippen LogP contribution in [0.15, 0.2) is 54.1 Å². The lowest BCUT2D eigenvalue weighted by molar-refractivity contribution is -0.140. The van der Waals surface area contributed by atoms with Gasteiger partial charge in [-0.3, -0.25) is 14.5 Å². The first kappa shape index (κ1) is 26.7. The Kier molecular flexibility index (Phi) is 8.84. The Morgan fingerprint density at radius 1 is 1.05 bits per heavy atom. The lowest BCUT2D eigenvalue weighted by Crippen LogP contribution is -2.39. The molecule has 1 atom stereocenters. The van der Waals surface area contributed by atoms with E-state index in [4.69, 9.17) is 14.2 Å². The van der Waals surface area contributed by atoms with Crippen LogP contribution < -0.4 is 9.47 Å². The molecule has 37 heavy (non-hydrogen) atoms. The molecule has 0 radical (unpaired) electrons. The van der Waals surface area contributed by atoms with Crippen molar-refractivity contribution in [3.8, 4) is 11.5 Å². The smallest absolute Gasteiger partial charge is 0.295 e. The number of hydrogen-bond donors (Lipinski definition) is 1. The minimum Gasteiger partial charge on any atom is -0.507 e. The highest BCUT2D eigenvalue weighted by Crippen LogP contribution is 2.42. The van der Waals surface area contributed by atoms with E-state index in [0.717, 1.165) is 19.6 Å². The van der Waals surface area contributed by atoms with Crippen molar-refractivity contribution in [1.82, 2.24) is 9.80 Å². The Balaban J connectivity index is 1.65. The second-order valence-electron chi connectivity index (χ2n) is 9.77. The van der Waals surface area contributed by atoms with Gasteiger partial charge in [-0.1, -0.05) is 32.0 Å². The third kappa shape index (κ3) is 6.14. The summed E-state index contributed by atoms with van der Waals surface area (Å²) in [6.45, 7) is 8.99. The average Bonchev–Trinajstić information content (AvgIpc) is 3.17. The van der Waals surface area contributed by atoms with Crippen molar-refractivity contribution >= 4 is 17.4 Å². The van der Waals surface area contributed by atoms with Crippen LogP contribution in [0.5, 0.6) is 11.5 Å². The molecule has 1 amide bonds. The van der Waals surface area contributed by atoms with Crippen LogP contribution >= 0.6 is 0 Å². The number of aliphatic hydroxyl groups is 1. The van der Waals surface area contributed by atoms with Gasteiger partial charge in [-0.2, -0.15) is 0 Å². The second-order valence-corrected chi connectivity index (χ2v) is 9.77. The molecule has 198 valence electrons. The number of ether oxygens (including phenoxy) is 3. The molecule has 0 spiro atoms. The molecule has 8 heteroatoms. The third-order valence-electron chi connectivity index (χ3n) is 6.66. The van der Waals surface area contributed by atoms with E-state index >= 15 is 0 Å². The maximum atomic E-state index is 13.3. The molecule has 2 aliphatic heterocycles. The van der Waals surface area contributed by atoms with Crippen molar-refractivity contribution in [3.63, 3.8) is 0 Å². The summed E-state index contributed by atoms with van der Waals surface area (Å²) < 4.78 is 16.7. The van der Waals surface area contributed by atoms with E-state index in [2.05, 4.69) is 18.7 Å². The lowest BCUT2D eigenvalue weighted by atomic mass is 9.94. The van der Waals surface area contributed by atoms with Crippen molar-refractivity contribution in [3.05, 3.63) is 65.2 Å². The van der Waals surface area contributed by atoms with Gasteiger partial charge in [-0.05, 0) is 42.7 Å². The van der Waals surface area contributed by atoms with Crippen LogP contribution in [0.2, 0.25) is 0 Å². The van der Waals surface area contributed by atoms with E-state index in [-0.39, 0.29) is 11.3 Å². The number of methoxy groups -OCH3 is 1. The van der Waals surface area contributed by atoms with Crippen LogP contribution in [0.25, 0.3) is 5.76 Å². The summed E-state index contributed by atoms with van der Waals surface area (Å²) in [4.78, 5) is 30.4. The summed E-state index contributed by atoms with van der Waals surface area (Å²) in [5.41, 5.74) is 1.17. The molecule has 0 bridgehead atoms. The number of ketones is 1. The highest BCUT2D eigenvalue weighted by Gasteiger charge is 2.46. The van der Waals surface area contributed by atoms with Gasteiger partial charge in [-0.25, -0.2) is 0 Å². The summed E-state index contributed by atoms with van der Waals surface area (Å²) in [5, 5.41) is 11.3. The maximum absolute atomic E-state index is 13.3. The Morgan fingerprint density at radius 3 is 2.43 bits per heavy atom. The zero-order chi connectivity index (χ0) is 26.4. The van der Waals surface area contributed by atoms with Gasteiger partial charge < -0.3 is 24.2 Å². The zero-order valence-corrected chi connectivity index (χ0v) is 21.8. The van der Waals surface area contributed by atoms with Gasteiger partial charge in [0.2, 0.25) is 0 Å². The number of morpholine rings is 1. The van der Waals surface area contributed by atoms with Crippen LogP contribution in [0.3, 0.4) is 0 Å². The molecule has 8 nitrogen and oxygen atoms in total. The first-order chi connectivity index (χ1) is 17.9. The molecular weight excluding hydrogens is 472 g/mol. The summed E-state index contributed by atoms with van der Waals surface area (Å²) >= 11 is 0. The normalized spacial score (nSPS) is 20.0. The Morgan fingerprint density at radius 2 is 1.76 bits per heavy atom. The Hall–Kier alpha value is -3.36. The van der Waals surface area contributed by atoms with Crippen LogP contribution in [0.1, 0.15) is 37.4 Å². The topological polar surface area (TPSA) is 88.5 Å². The highest BCUT2D eigenvalue weighted by molar-refractivity contribution is 6.46. The van der Waals surface area contributed by atoms with Gasteiger partial charge in [0.25, 0.3) is 11.7 Å². The van der Waals surface area contributed by atoms with Gasteiger partial charge in [-0.15, -0.1) is 0 Å². The number of Topliss-reactive ketones (excluding diaryl/α,β-unsaturated/α-hetero) is 1. The van der Waals surface area contributed by atoms with E-state index in [1.165, 1.54) is 0 Å². The lowest BCUT2D eigenvalue weighted by Gasteiger charge is -2.29. The summed E-state index contributed by atoms with van der Waals surface area (Å²) in [6.07, 6.45) is 0.695. The average molecular weight is 509 g/mol. The summed E-state index contributed by atoms with van der Waals surface area (Å²) in [5.74, 6) is 0.0933. The number of carbonyl (C=O) groups is 2. The number of likely N-dealkylation sites (tertiary alicyclic amines) is 1. The molecular formula is C29H36N2O6. The fraction of sp³-hybridized carbons (Fsp3) is 0.448. The molecule has 2 aromatic rings. The number of aliphatic hydroxyl groups excluding tert-OH is 1. The highest BCUT2D eigenvalue weighted by atomic mass is 16.5. The van der Waals surface area contributed by atoms with Gasteiger partial charge in [0.05, 0.1) is 38.5 Å². The van der Waals surface area contributed by atoms with Crippen LogP contribution in [0.4, 0.5) is 0 Å². The number of carbonyl (C=O) groups excluding carboxylic acids is 2. The first-order valence-corrected chi connectivity index (χ1v) is 12.9. The van der Waals surface area contributed by atoms with Gasteiger partial charge in [0.15, 0.2) is 0 Å². The maximum Gasteiger partial charge on any atom is 0.295 e. The van der Waals surface area contributed by atoms with Gasteiger partial charge in [0.1, 0.15) is 17.3 Å². The van der Waals surface area contributed by atoms with Crippen LogP contribution in [-0.4, -0.2) is 79.7 Å². The Bertz CT molecular complexity index is 1120. The fourth-order valence-corrected chi connectivity index (χ4v) is 4.74. The molecule has 1 N–H and O–H groups in total. The molecule has 2 aliphatic rings. The summed E-state index contributed by atoms with van der Waals surface area (Å²) in [6, 6.07) is 13.5. The predicted molar refractivity (Wildman–Crippen MR) is 141 cm³/mol. The molecule has 2 fully saturated rings. The van der Waals surface area contributed by atoms with E-state index < -0.39 is 17.7 Å².